The molecular formula is C16H12N4O. The van der Waals surface area contributed by atoms with Crippen LogP contribution in [0.3, 0.4) is 0 Å². The molecule has 1 aromatic heterocycles. The van der Waals surface area contributed by atoms with Gasteiger partial charge in [0.2, 0.25) is 5.78 Å². The summed E-state index contributed by atoms with van der Waals surface area (Å²) in [6.07, 6.45) is 2.91. The Morgan fingerprint density at radius 2 is 1.67 bits per heavy atom. The van der Waals surface area contributed by atoms with Crippen molar-refractivity contribution in [2.24, 2.45) is 5.10 Å². The Morgan fingerprint density at radius 3 is 2.38 bits per heavy atom. The molecule has 0 aliphatic rings. The van der Waals surface area contributed by atoms with Gasteiger partial charge in [-0.2, -0.15) is 5.10 Å². The van der Waals surface area contributed by atoms with E-state index in [0.29, 0.717) is 11.3 Å². The van der Waals surface area contributed by atoms with E-state index in [4.69, 9.17) is 0 Å². The quantitative estimate of drug-likeness (QED) is 0.543. The van der Waals surface area contributed by atoms with Crippen molar-refractivity contribution in [1.82, 2.24) is 15.1 Å². The minimum absolute atomic E-state index is 0.174. The lowest BCUT2D eigenvalue weighted by molar-refractivity contribution is 0.107. The lowest BCUT2D eigenvalue weighted by atomic mass is 10.1. The van der Waals surface area contributed by atoms with E-state index in [1.807, 2.05) is 48.5 Å². The van der Waals surface area contributed by atoms with E-state index in [1.54, 1.807) is 18.3 Å². The normalized spacial score (nSPS) is 10.9. The van der Waals surface area contributed by atoms with Gasteiger partial charge in [0, 0.05) is 11.1 Å². The highest BCUT2D eigenvalue weighted by Crippen LogP contribution is 2.14. The first-order chi connectivity index (χ1) is 10.3. The van der Waals surface area contributed by atoms with Gasteiger partial charge in [-0.15, -0.1) is 9.89 Å². The molecule has 0 atom stereocenters. The van der Waals surface area contributed by atoms with Crippen molar-refractivity contribution in [1.29, 1.82) is 0 Å². The summed E-state index contributed by atoms with van der Waals surface area (Å²) < 4.78 is 0. The maximum Gasteiger partial charge on any atom is 0.205 e. The van der Waals surface area contributed by atoms with Gasteiger partial charge in [0.1, 0.15) is 5.69 Å². The predicted molar refractivity (Wildman–Crippen MR) is 80.1 cm³/mol. The average molecular weight is 276 g/mol. The Balaban J connectivity index is 1.76. The molecule has 102 valence electrons. The van der Waals surface area contributed by atoms with Crippen LogP contribution in [0, 0.1) is 0 Å². The molecule has 1 heterocycles. The maximum absolute atomic E-state index is 11.9. The molecule has 0 radical (unpaired) electrons. The third-order valence-corrected chi connectivity index (χ3v) is 2.90. The number of nitrogens with zero attached hydrogens (tertiary/aromatic N) is 4. The lowest BCUT2D eigenvalue weighted by Crippen LogP contribution is -2.02. The predicted octanol–water partition coefficient (Wildman–Crippen LogP) is 2.66. The molecule has 5 nitrogen and oxygen atoms in total. The molecule has 0 fully saturated rings. The van der Waals surface area contributed by atoms with Crippen LogP contribution >= 0.6 is 0 Å². The number of benzene rings is 2. The molecule has 2 aromatic carbocycles. The van der Waals surface area contributed by atoms with E-state index in [1.165, 1.54) is 11.0 Å². The highest BCUT2D eigenvalue weighted by molar-refractivity contribution is 6.35. The van der Waals surface area contributed by atoms with E-state index < -0.39 is 0 Å². The number of aromatic nitrogens is 3. The summed E-state index contributed by atoms with van der Waals surface area (Å²) in [4.78, 5) is 13.2. The van der Waals surface area contributed by atoms with Crippen LogP contribution in [0.2, 0.25) is 0 Å². The molecule has 3 rings (SSSR count). The second-order valence-electron chi connectivity index (χ2n) is 4.37. The highest BCUT2D eigenvalue weighted by atomic mass is 16.1. The first kappa shape index (κ1) is 12.9. The second-order valence-corrected chi connectivity index (χ2v) is 4.37. The summed E-state index contributed by atoms with van der Waals surface area (Å²) in [7, 11) is 0. The minimum Gasteiger partial charge on any atom is -0.287 e. The lowest BCUT2D eigenvalue weighted by Gasteiger charge is -1.93. The van der Waals surface area contributed by atoms with Crippen LogP contribution in [0.1, 0.15) is 10.4 Å². The van der Waals surface area contributed by atoms with Gasteiger partial charge < -0.3 is 0 Å². The number of ketones is 1. The molecule has 0 unspecified atom stereocenters. The molecule has 0 aliphatic heterocycles. The van der Waals surface area contributed by atoms with Crippen LogP contribution < -0.4 is 0 Å². The van der Waals surface area contributed by atoms with Gasteiger partial charge in [-0.3, -0.25) is 4.79 Å². The van der Waals surface area contributed by atoms with Gasteiger partial charge >= 0.3 is 0 Å². The largest absolute Gasteiger partial charge is 0.287 e. The third kappa shape index (κ3) is 3.09. The third-order valence-electron chi connectivity index (χ3n) is 2.90. The van der Waals surface area contributed by atoms with Crippen molar-refractivity contribution in [3.05, 3.63) is 72.4 Å². The average Bonchev–Trinajstić information content (AvgIpc) is 3.03. The van der Waals surface area contributed by atoms with Crippen LogP contribution in [0.25, 0.3) is 11.3 Å². The van der Waals surface area contributed by atoms with Gasteiger partial charge in [-0.25, -0.2) is 0 Å². The van der Waals surface area contributed by atoms with E-state index in [2.05, 4.69) is 15.4 Å². The summed E-state index contributed by atoms with van der Waals surface area (Å²) in [5.74, 6) is -0.174. The van der Waals surface area contributed by atoms with Crippen LogP contribution in [0.5, 0.6) is 0 Å². The first-order valence-corrected chi connectivity index (χ1v) is 6.44. The molecule has 0 saturated heterocycles. The zero-order chi connectivity index (χ0) is 14.5. The van der Waals surface area contributed by atoms with E-state index >= 15 is 0 Å². The Kier molecular flexibility index (Phi) is 3.64. The van der Waals surface area contributed by atoms with E-state index in [-0.39, 0.29) is 5.78 Å². The molecule has 0 amide bonds. The van der Waals surface area contributed by atoms with Crippen LogP contribution in [-0.4, -0.2) is 27.1 Å². The molecule has 5 heteroatoms. The summed E-state index contributed by atoms with van der Waals surface area (Å²) >= 11 is 0. The van der Waals surface area contributed by atoms with Crippen LogP contribution in [0.4, 0.5) is 0 Å². The van der Waals surface area contributed by atoms with Crippen LogP contribution in [0.15, 0.2) is 72.0 Å². The van der Waals surface area contributed by atoms with E-state index in [0.717, 1.165) is 5.56 Å². The standard InChI is InChI=1S/C16H12N4O/c21-16(14-9-5-2-6-10-14)11-17-20-12-15(18-19-20)13-7-3-1-4-8-13/h1-12H/b17-11+. The van der Waals surface area contributed by atoms with Crippen molar-refractivity contribution in [3.63, 3.8) is 0 Å². The van der Waals surface area contributed by atoms with E-state index in [9.17, 15) is 4.79 Å². The number of hydrogen-bond acceptors (Lipinski definition) is 4. The SMILES string of the molecule is O=C(/C=N/n1cc(-c2ccccc2)nn1)c1ccccc1. The van der Waals surface area contributed by atoms with Gasteiger partial charge in [-0.05, 0) is 5.21 Å². The molecule has 0 spiro atoms. The number of carbonyl (C=O) groups excluding carboxylic acids is 1. The number of carbonyl (C=O) groups is 1. The van der Waals surface area contributed by atoms with Crippen molar-refractivity contribution >= 4 is 12.0 Å². The fourth-order valence-corrected chi connectivity index (χ4v) is 1.84. The molecule has 21 heavy (non-hydrogen) atoms. The first-order valence-electron chi connectivity index (χ1n) is 6.44. The molecule has 3 aromatic rings. The topological polar surface area (TPSA) is 60.1 Å². The fourth-order valence-electron chi connectivity index (χ4n) is 1.84. The Hall–Kier alpha value is -3.08. The van der Waals surface area contributed by atoms with Crippen molar-refractivity contribution in [2.75, 3.05) is 0 Å². The highest BCUT2D eigenvalue weighted by Gasteiger charge is 2.03. The molecule has 0 aliphatic carbocycles. The number of rotatable bonds is 4. The second kappa shape index (κ2) is 5.92. The Morgan fingerprint density at radius 1 is 1.00 bits per heavy atom. The summed E-state index contributed by atoms with van der Waals surface area (Å²) in [6.45, 7) is 0. The van der Waals surface area contributed by atoms with Gasteiger partial charge in [-0.1, -0.05) is 60.7 Å². The van der Waals surface area contributed by atoms with Crippen molar-refractivity contribution < 1.29 is 4.79 Å². The number of hydrogen-bond donors (Lipinski definition) is 0. The van der Waals surface area contributed by atoms with Crippen molar-refractivity contribution in [2.45, 2.75) is 0 Å². The molecule has 0 bridgehead atoms. The van der Waals surface area contributed by atoms with Crippen molar-refractivity contribution in [3.8, 4) is 11.3 Å². The smallest absolute Gasteiger partial charge is 0.205 e. The number of Topliss-reactive ketones (excluding diaryl/α,β-unsaturated/α-hetero) is 1. The summed E-state index contributed by atoms with van der Waals surface area (Å²) in [6, 6.07) is 18.6. The minimum atomic E-state index is -0.174. The Bertz CT molecular complexity index is 763. The summed E-state index contributed by atoms with van der Waals surface area (Å²) in [5, 5.41) is 11.9. The van der Waals surface area contributed by atoms with Gasteiger partial charge in [0.15, 0.2) is 0 Å². The maximum atomic E-state index is 11.9. The summed E-state index contributed by atoms with van der Waals surface area (Å²) in [5.41, 5.74) is 2.25. The molecule has 0 N–H and O–H groups in total. The zero-order valence-corrected chi connectivity index (χ0v) is 11.1. The van der Waals surface area contributed by atoms with Crippen LogP contribution in [-0.2, 0) is 0 Å². The van der Waals surface area contributed by atoms with Gasteiger partial charge in [0.05, 0.1) is 12.4 Å². The molecular weight excluding hydrogens is 264 g/mol. The molecule has 0 saturated carbocycles. The Labute approximate surface area is 121 Å². The fraction of sp³-hybridized carbons (Fsp3) is 0. The monoisotopic (exact) mass is 276 g/mol. The zero-order valence-electron chi connectivity index (χ0n) is 11.1. The van der Waals surface area contributed by atoms with Gasteiger partial charge in [0.25, 0.3) is 0 Å².